The number of imidazole rings is 1. The summed E-state index contributed by atoms with van der Waals surface area (Å²) in [6.07, 6.45) is 4.60. The molecule has 1 unspecified atom stereocenters. The number of methoxy groups -OCH3 is 3. The molecule has 0 spiro atoms. The first-order valence-corrected chi connectivity index (χ1v) is 17.3. The molecule has 50 heavy (non-hydrogen) atoms. The van der Waals surface area contributed by atoms with Crippen molar-refractivity contribution in [3.63, 3.8) is 0 Å². The summed E-state index contributed by atoms with van der Waals surface area (Å²) in [5.41, 5.74) is 3.09. The van der Waals surface area contributed by atoms with Crippen LogP contribution in [0.25, 0.3) is 11.0 Å². The van der Waals surface area contributed by atoms with E-state index in [1.54, 1.807) is 27.6 Å². The SMILES string of the molecule is COc1cc(CN2CCC(CCN3CCC(C(=O)c4nc5ccccc5n4Cc4ccco4)CC3)(c3ccccc3)C2=O)cc(OC)c1OC. The zero-order valence-corrected chi connectivity index (χ0v) is 29.0. The molecular weight excluding hydrogens is 632 g/mol. The Bertz CT molecular complexity index is 1920. The molecule has 0 bridgehead atoms. The van der Waals surface area contributed by atoms with Gasteiger partial charge in [0.15, 0.2) is 17.3 Å². The summed E-state index contributed by atoms with van der Waals surface area (Å²) < 4.78 is 24.3. The number of ether oxygens (including phenoxy) is 3. The number of ketones is 1. The van der Waals surface area contributed by atoms with Crippen LogP contribution in [-0.2, 0) is 23.3 Å². The van der Waals surface area contributed by atoms with E-state index in [4.69, 9.17) is 23.6 Å². The van der Waals surface area contributed by atoms with E-state index in [9.17, 15) is 9.59 Å². The number of hydrogen-bond donors (Lipinski definition) is 0. The van der Waals surface area contributed by atoms with Crippen LogP contribution in [0.2, 0.25) is 0 Å². The highest BCUT2D eigenvalue weighted by atomic mass is 16.5. The normalized spacial score (nSPS) is 18.5. The number of rotatable bonds is 13. The van der Waals surface area contributed by atoms with Gasteiger partial charge in [-0.05, 0) is 92.8 Å². The van der Waals surface area contributed by atoms with E-state index < -0.39 is 5.41 Å². The average molecular weight is 677 g/mol. The Hall–Kier alpha value is -5.09. The van der Waals surface area contributed by atoms with Gasteiger partial charge in [0.2, 0.25) is 17.4 Å². The Balaban J connectivity index is 1.04. The summed E-state index contributed by atoms with van der Waals surface area (Å²) in [4.78, 5) is 37.5. The number of nitrogens with zero attached hydrogens (tertiary/aromatic N) is 4. The topological polar surface area (TPSA) is 99.3 Å². The van der Waals surface area contributed by atoms with Gasteiger partial charge in [-0.3, -0.25) is 9.59 Å². The van der Waals surface area contributed by atoms with E-state index in [1.807, 2.05) is 76.2 Å². The number of fused-ring (bicyclic) bond motifs is 1. The average Bonchev–Trinajstić information content (AvgIpc) is 3.89. The molecule has 5 aromatic rings. The Morgan fingerprint density at radius 1 is 0.880 bits per heavy atom. The fraction of sp³-hybridized carbons (Fsp3) is 0.375. The molecule has 10 heteroatoms. The summed E-state index contributed by atoms with van der Waals surface area (Å²) in [6.45, 7) is 3.92. The second-order valence-corrected chi connectivity index (χ2v) is 13.3. The lowest BCUT2D eigenvalue weighted by Crippen LogP contribution is -2.43. The molecular formula is C40H44N4O6. The number of furan rings is 1. The summed E-state index contributed by atoms with van der Waals surface area (Å²) in [5.74, 6) is 3.06. The highest BCUT2D eigenvalue weighted by molar-refractivity contribution is 5.98. The lowest BCUT2D eigenvalue weighted by Gasteiger charge is -2.35. The van der Waals surface area contributed by atoms with E-state index in [2.05, 4.69) is 17.0 Å². The summed E-state index contributed by atoms with van der Waals surface area (Å²) in [5, 5.41) is 0. The second-order valence-electron chi connectivity index (χ2n) is 13.3. The van der Waals surface area contributed by atoms with Crippen LogP contribution in [0, 0.1) is 5.92 Å². The van der Waals surface area contributed by atoms with Gasteiger partial charge in [-0.15, -0.1) is 0 Å². The van der Waals surface area contributed by atoms with Crippen LogP contribution < -0.4 is 14.2 Å². The van der Waals surface area contributed by atoms with Crippen molar-refractivity contribution in [2.24, 2.45) is 5.92 Å². The number of likely N-dealkylation sites (tertiary alicyclic amines) is 2. The van der Waals surface area contributed by atoms with Crippen molar-refractivity contribution in [3.05, 3.63) is 108 Å². The van der Waals surface area contributed by atoms with Gasteiger partial charge in [-0.25, -0.2) is 4.98 Å². The Morgan fingerprint density at radius 3 is 2.28 bits per heavy atom. The first kappa shape index (κ1) is 33.4. The minimum atomic E-state index is -0.620. The maximum atomic E-state index is 14.4. The van der Waals surface area contributed by atoms with Crippen molar-refractivity contribution in [1.29, 1.82) is 0 Å². The third-order valence-electron chi connectivity index (χ3n) is 10.5. The molecule has 1 amide bonds. The van der Waals surface area contributed by atoms with Gasteiger partial charge in [0.05, 0.1) is 50.6 Å². The van der Waals surface area contributed by atoms with Crippen LogP contribution in [0.1, 0.15) is 53.2 Å². The zero-order valence-electron chi connectivity index (χ0n) is 29.0. The summed E-state index contributed by atoms with van der Waals surface area (Å²) in [7, 11) is 4.78. The summed E-state index contributed by atoms with van der Waals surface area (Å²) >= 11 is 0. The molecule has 0 saturated carbocycles. The van der Waals surface area contributed by atoms with Crippen molar-refractivity contribution in [3.8, 4) is 17.2 Å². The maximum Gasteiger partial charge on any atom is 0.233 e. The molecule has 1 atom stereocenters. The molecule has 2 aliphatic rings. The Kier molecular flexibility index (Phi) is 9.63. The molecule has 2 aliphatic heterocycles. The number of para-hydroxylation sites is 2. The van der Waals surface area contributed by atoms with E-state index >= 15 is 0 Å². The molecule has 3 aromatic carbocycles. The number of carbonyl (C=O) groups excluding carboxylic acids is 2. The molecule has 2 saturated heterocycles. The third kappa shape index (κ3) is 6.35. The van der Waals surface area contributed by atoms with Gasteiger partial charge in [-0.2, -0.15) is 0 Å². The summed E-state index contributed by atoms with van der Waals surface area (Å²) in [6, 6.07) is 25.7. The number of carbonyl (C=O) groups is 2. The van der Waals surface area contributed by atoms with Gasteiger partial charge in [0.1, 0.15) is 5.76 Å². The number of aromatic nitrogens is 2. The molecule has 2 aromatic heterocycles. The molecule has 0 aliphatic carbocycles. The van der Waals surface area contributed by atoms with Crippen LogP contribution in [0.4, 0.5) is 0 Å². The minimum absolute atomic E-state index is 0.0848. The van der Waals surface area contributed by atoms with Gasteiger partial charge in [0, 0.05) is 19.0 Å². The molecule has 4 heterocycles. The second kappa shape index (κ2) is 14.4. The zero-order chi connectivity index (χ0) is 34.7. The lowest BCUT2D eigenvalue weighted by atomic mass is 9.76. The molecule has 7 rings (SSSR count). The number of hydrogen-bond acceptors (Lipinski definition) is 8. The van der Waals surface area contributed by atoms with Gasteiger partial charge >= 0.3 is 0 Å². The van der Waals surface area contributed by atoms with E-state index in [0.29, 0.717) is 49.1 Å². The molecule has 260 valence electrons. The largest absolute Gasteiger partial charge is 0.493 e. The van der Waals surface area contributed by atoms with Crippen molar-refractivity contribution in [2.75, 3.05) is 47.5 Å². The smallest absolute Gasteiger partial charge is 0.233 e. The highest BCUT2D eigenvalue weighted by Crippen LogP contribution is 2.42. The van der Waals surface area contributed by atoms with Crippen molar-refractivity contribution in [1.82, 2.24) is 19.4 Å². The fourth-order valence-corrected chi connectivity index (χ4v) is 7.77. The molecule has 0 N–H and O–H groups in total. The molecule has 0 radical (unpaired) electrons. The van der Waals surface area contributed by atoms with Crippen molar-refractivity contribution >= 4 is 22.7 Å². The van der Waals surface area contributed by atoms with Crippen molar-refractivity contribution < 1.29 is 28.2 Å². The Labute approximate surface area is 292 Å². The van der Waals surface area contributed by atoms with Gasteiger partial charge < -0.3 is 33.0 Å². The van der Waals surface area contributed by atoms with Gasteiger partial charge in [0.25, 0.3) is 0 Å². The van der Waals surface area contributed by atoms with Crippen LogP contribution >= 0.6 is 0 Å². The highest BCUT2D eigenvalue weighted by Gasteiger charge is 2.48. The minimum Gasteiger partial charge on any atom is -0.493 e. The van der Waals surface area contributed by atoms with Crippen LogP contribution in [0.3, 0.4) is 0 Å². The van der Waals surface area contributed by atoms with Crippen molar-refractivity contribution in [2.45, 2.75) is 44.2 Å². The van der Waals surface area contributed by atoms with Crippen LogP contribution in [0.15, 0.2) is 89.5 Å². The first-order chi connectivity index (χ1) is 24.4. The molecule has 2 fully saturated rings. The monoisotopic (exact) mass is 676 g/mol. The number of benzene rings is 3. The van der Waals surface area contributed by atoms with E-state index in [0.717, 1.165) is 66.8 Å². The first-order valence-electron chi connectivity index (χ1n) is 17.3. The van der Waals surface area contributed by atoms with Gasteiger partial charge in [-0.1, -0.05) is 42.5 Å². The van der Waals surface area contributed by atoms with Crippen LogP contribution in [-0.4, -0.2) is 78.5 Å². The molecule has 10 nitrogen and oxygen atoms in total. The maximum absolute atomic E-state index is 14.4. The lowest BCUT2D eigenvalue weighted by molar-refractivity contribution is -0.133. The Morgan fingerprint density at radius 2 is 1.60 bits per heavy atom. The van der Waals surface area contributed by atoms with Crippen LogP contribution in [0.5, 0.6) is 17.2 Å². The predicted molar refractivity (Wildman–Crippen MR) is 190 cm³/mol. The number of piperidine rings is 1. The number of amides is 1. The van der Waals surface area contributed by atoms with E-state index in [1.165, 1.54) is 0 Å². The third-order valence-corrected chi connectivity index (χ3v) is 10.5. The van der Waals surface area contributed by atoms with E-state index in [-0.39, 0.29) is 17.6 Å². The standard InChI is InChI=1S/C40H44N4O6/c1-47-34-24-28(25-35(48-2)37(34)49-3)26-43-22-18-40(39(43)46,30-10-5-4-6-11-30)17-21-42-19-15-29(16-20-42)36(45)38-41-32-13-7-8-14-33(32)44(38)27-31-12-9-23-50-31/h4-14,23-25,29H,15-22,26-27H2,1-3H3. The fourth-order valence-electron chi connectivity index (χ4n) is 7.77. The predicted octanol–water partition coefficient (Wildman–Crippen LogP) is 6.36. The number of Topliss-reactive ketones (excluding diaryl/α,β-unsaturated/α-hetero) is 1. The quantitative estimate of drug-likeness (QED) is 0.133.